The maximum absolute atomic E-state index is 12.8. The van der Waals surface area contributed by atoms with Crippen molar-refractivity contribution in [2.75, 3.05) is 6.61 Å². The highest BCUT2D eigenvalue weighted by molar-refractivity contribution is 5.76. The summed E-state index contributed by atoms with van der Waals surface area (Å²) in [6.07, 6.45) is 6.33. The molecule has 8 heteroatoms. The van der Waals surface area contributed by atoms with E-state index in [0.717, 1.165) is 44.9 Å². The molecule has 0 aromatic heterocycles. The molecule has 0 spiro atoms. The summed E-state index contributed by atoms with van der Waals surface area (Å²) in [6, 6.07) is 0. The molecule has 5 aliphatic rings. The largest absolute Gasteiger partial charge is 0.462 e. The van der Waals surface area contributed by atoms with Crippen molar-refractivity contribution in [3.63, 3.8) is 0 Å². The van der Waals surface area contributed by atoms with Crippen molar-refractivity contribution < 1.29 is 38.8 Å². The van der Waals surface area contributed by atoms with Crippen LogP contribution in [0.15, 0.2) is 0 Å². The van der Waals surface area contributed by atoms with Gasteiger partial charge in [0.1, 0.15) is 18.8 Å². The Balaban J connectivity index is 1.24. The summed E-state index contributed by atoms with van der Waals surface area (Å²) in [5, 5.41) is 23.6. The minimum absolute atomic E-state index is 0.00812. The minimum atomic E-state index is -0.488. The monoisotopic (exact) mass is 590 g/mol. The van der Waals surface area contributed by atoms with Crippen molar-refractivity contribution in [1.82, 2.24) is 0 Å². The topological polar surface area (TPSA) is 119 Å². The van der Waals surface area contributed by atoms with Crippen LogP contribution in [0.1, 0.15) is 112 Å². The number of cyclic esters (lactones) is 1. The first kappa shape index (κ1) is 31.7. The smallest absolute Gasteiger partial charge is 0.311 e. The van der Waals surface area contributed by atoms with E-state index in [2.05, 4.69) is 20.8 Å². The molecule has 0 aromatic rings. The van der Waals surface area contributed by atoms with Crippen LogP contribution in [0.5, 0.6) is 0 Å². The second-order valence-corrected chi connectivity index (χ2v) is 15.7. The normalized spacial score (nSPS) is 43.9. The zero-order chi connectivity index (χ0) is 30.6. The highest BCUT2D eigenvalue weighted by atomic mass is 16.6. The van der Waals surface area contributed by atoms with Crippen LogP contribution in [-0.4, -0.2) is 59.1 Å². The molecule has 8 unspecified atom stereocenters. The molecule has 42 heavy (non-hydrogen) atoms. The van der Waals surface area contributed by atoms with Gasteiger partial charge in [0.15, 0.2) is 0 Å². The van der Waals surface area contributed by atoms with Gasteiger partial charge in [-0.15, -0.1) is 0 Å². The molecule has 5 fully saturated rings. The van der Waals surface area contributed by atoms with Gasteiger partial charge in [-0.2, -0.15) is 0 Å². The molecule has 0 bridgehead atoms. The van der Waals surface area contributed by atoms with Crippen molar-refractivity contribution in [1.29, 1.82) is 0 Å². The molecule has 8 nitrogen and oxygen atoms in total. The summed E-state index contributed by atoms with van der Waals surface area (Å²) in [7, 11) is 0. The third-order valence-electron chi connectivity index (χ3n) is 13.1. The van der Waals surface area contributed by atoms with Crippen LogP contribution in [0.2, 0.25) is 0 Å². The lowest BCUT2D eigenvalue weighted by molar-refractivity contribution is -0.210. The average molecular weight is 591 g/mol. The second-order valence-electron chi connectivity index (χ2n) is 15.7. The molecule has 2 N–H and O–H groups in total. The van der Waals surface area contributed by atoms with E-state index < -0.39 is 23.7 Å². The van der Waals surface area contributed by atoms with Gasteiger partial charge in [0.25, 0.3) is 0 Å². The van der Waals surface area contributed by atoms with E-state index >= 15 is 0 Å². The number of aliphatic hydroxyl groups excluding tert-OH is 2. The van der Waals surface area contributed by atoms with Gasteiger partial charge in [-0.3, -0.25) is 14.4 Å². The Morgan fingerprint density at radius 3 is 2.45 bits per heavy atom. The molecule has 5 rings (SSSR count). The van der Waals surface area contributed by atoms with E-state index in [1.165, 1.54) is 0 Å². The number of hydrogen-bond acceptors (Lipinski definition) is 8. The maximum atomic E-state index is 12.8. The Bertz CT molecular complexity index is 1040. The van der Waals surface area contributed by atoms with Gasteiger partial charge in [-0.1, -0.05) is 27.7 Å². The van der Waals surface area contributed by atoms with Crippen LogP contribution < -0.4 is 0 Å². The first-order valence-corrected chi connectivity index (χ1v) is 16.6. The van der Waals surface area contributed by atoms with Crippen molar-refractivity contribution in [2.24, 2.45) is 51.8 Å². The van der Waals surface area contributed by atoms with Crippen LogP contribution in [0, 0.1) is 51.8 Å². The standard InChI is InChI=1S/C34H54O8/c1-7-32(3,4)31(39)42-21-12-13-33(5)20(14-21)15-26(35)30-24-10-9-23(34(24,6)27(36)17-25(30)33)19(2)8-11-28(37)41-22-16-29(38)40-18-22/h19-27,30,35-36H,7-18H2,1-6H3/t19?,20?,21-,22?,23?,24?,25?,26?,27-,30?,33-,34+/m0/s1. The zero-order valence-corrected chi connectivity index (χ0v) is 26.6. The van der Waals surface area contributed by atoms with Gasteiger partial charge in [0.2, 0.25) is 0 Å². The Morgan fingerprint density at radius 2 is 1.79 bits per heavy atom. The van der Waals surface area contributed by atoms with E-state index in [9.17, 15) is 24.6 Å². The lowest BCUT2D eigenvalue weighted by atomic mass is 9.43. The summed E-state index contributed by atoms with van der Waals surface area (Å²) in [5.41, 5.74) is -0.787. The summed E-state index contributed by atoms with van der Waals surface area (Å²) in [6.45, 7) is 12.8. The lowest BCUT2D eigenvalue weighted by Crippen LogP contribution is -2.62. The number of fused-ring (bicyclic) bond motifs is 5. The quantitative estimate of drug-likeness (QED) is 0.292. The minimum Gasteiger partial charge on any atom is -0.462 e. The van der Waals surface area contributed by atoms with Crippen LogP contribution in [0.3, 0.4) is 0 Å². The molecular formula is C34H54O8. The van der Waals surface area contributed by atoms with E-state index in [0.29, 0.717) is 12.8 Å². The summed E-state index contributed by atoms with van der Waals surface area (Å²) >= 11 is 0. The van der Waals surface area contributed by atoms with Gasteiger partial charge in [0, 0.05) is 6.42 Å². The van der Waals surface area contributed by atoms with Crippen LogP contribution in [0.25, 0.3) is 0 Å². The van der Waals surface area contributed by atoms with Gasteiger partial charge in [0.05, 0.1) is 24.0 Å². The number of esters is 3. The van der Waals surface area contributed by atoms with Crippen molar-refractivity contribution in [3.8, 4) is 0 Å². The number of rotatable bonds is 8. The van der Waals surface area contributed by atoms with E-state index in [1.54, 1.807) is 0 Å². The van der Waals surface area contributed by atoms with Gasteiger partial charge in [-0.05, 0) is 118 Å². The zero-order valence-electron chi connectivity index (χ0n) is 26.6. The Labute approximate surface area is 251 Å². The van der Waals surface area contributed by atoms with Gasteiger partial charge >= 0.3 is 17.9 Å². The third kappa shape index (κ3) is 5.52. The Hall–Kier alpha value is -1.67. The Kier molecular flexibility index (Phi) is 8.83. The van der Waals surface area contributed by atoms with Crippen molar-refractivity contribution in [3.05, 3.63) is 0 Å². The fraction of sp³-hybridized carbons (Fsp3) is 0.912. The number of carbonyl (C=O) groups is 3. The fourth-order valence-electron chi connectivity index (χ4n) is 10.0. The molecule has 4 aliphatic carbocycles. The molecule has 12 atom stereocenters. The average Bonchev–Trinajstić information content (AvgIpc) is 3.51. The molecule has 0 aromatic carbocycles. The molecule has 238 valence electrons. The number of aliphatic hydroxyl groups is 2. The number of carbonyl (C=O) groups excluding carboxylic acids is 3. The highest BCUT2D eigenvalue weighted by Crippen LogP contribution is 2.68. The molecular weight excluding hydrogens is 536 g/mol. The Morgan fingerprint density at radius 1 is 1.05 bits per heavy atom. The number of hydrogen-bond donors (Lipinski definition) is 2. The van der Waals surface area contributed by atoms with Gasteiger partial charge in [-0.25, -0.2) is 0 Å². The van der Waals surface area contributed by atoms with Crippen LogP contribution in [0.4, 0.5) is 0 Å². The SMILES string of the molecule is CCC(C)(C)C(=O)O[C@H]1CC[C@@]2(C)C(CC(O)C3C2C[C@H](O)[C@]2(C)C(C(C)CCC(=O)OC4COC(=O)C4)CCC32)C1. The first-order valence-electron chi connectivity index (χ1n) is 16.6. The molecule has 1 heterocycles. The fourth-order valence-corrected chi connectivity index (χ4v) is 10.0. The van der Waals surface area contributed by atoms with Crippen molar-refractivity contribution in [2.45, 2.75) is 137 Å². The van der Waals surface area contributed by atoms with E-state index in [1.807, 2.05) is 20.8 Å². The summed E-state index contributed by atoms with van der Waals surface area (Å²) in [4.78, 5) is 36.6. The maximum Gasteiger partial charge on any atom is 0.311 e. The molecule has 1 saturated heterocycles. The number of ether oxygens (including phenoxy) is 3. The summed E-state index contributed by atoms with van der Waals surface area (Å²) < 4.78 is 16.4. The molecule has 0 radical (unpaired) electrons. The summed E-state index contributed by atoms with van der Waals surface area (Å²) in [5.74, 6) is 0.634. The lowest BCUT2D eigenvalue weighted by Gasteiger charge is -2.63. The molecule has 4 saturated carbocycles. The van der Waals surface area contributed by atoms with Gasteiger partial charge < -0.3 is 24.4 Å². The third-order valence-corrected chi connectivity index (χ3v) is 13.1. The van der Waals surface area contributed by atoms with E-state index in [4.69, 9.17) is 14.2 Å². The van der Waals surface area contributed by atoms with Crippen LogP contribution >= 0.6 is 0 Å². The van der Waals surface area contributed by atoms with Crippen LogP contribution in [-0.2, 0) is 28.6 Å². The molecule has 0 amide bonds. The van der Waals surface area contributed by atoms with Crippen molar-refractivity contribution >= 4 is 17.9 Å². The highest BCUT2D eigenvalue weighted by Gasteiger charge is 2.66. The molecule has 1 aliphatic heterocycles. The second kappa shape index (κ2) is 11.7. The predicted molar refractivity (Wildman–Crippen MR) is 156 cm³/mol. The van der Waals surface area contributed by atoms with E-state index in [-0.39, 0.29) is 89.8 Å². The first-order chi connectivity index (χ1) is 19.7. The predicted octanol–water partition coefficient (Wildman–Crippen LogP) is 5.21.